The molecular formula is C17H20N2O5. The lowest BCUT2D eigenvalue weighted by atomic mass is 10.1. The minimum atomic E-state index is -0.473. The summed E-state index contributed by atoms with van der Waals surface area (Å²) in [6.07, 6.45) is 2.22. The number of hydrogen-bond acceptors (Lipinski definition) is 5. The third kappa shape index (κ3) is 4.13. The standard InChI is InChI=1S/C17H20N2O5/c1-3-9-19-16(21)13(18-17(19)22)10-12-7-5-6-8-14(12)24-11-15(20)23-4-2/h5-8,10H,3-4,9,11H2,1-2H3,(H,18,22)/b13-10+. The van der Waals surface area contributed by atoms with Crippen molar-refractivity contribution in [2.24, 2.45) is 0 Å². The maximum absolute atomic E-state index is 12.2. The molecule has 1 aliphatic heterocycles. The Labute approximate surface area is 140 Å². The van der Waals surface area contributed by atoms with Gasteiger partial charge in [0, 0.05) is 12.1 Å². The Bertz CT molecular complexity index is 669. The third-order valence-corrected chi connectivity index (χ3v) is 3.28. The zero-order valence-corrected chi connectivity index (χ0v) is 13.7. The smallest absolute Gasteiger partial charge is 0.344 e. The van der Waals surface area contributed by atoms with Gasteiger partial charge in [0.05, 0.1) is 6.61 Å². The number of hydrogen-bond donors (Lipinski definition) is 1. The molecule has 1 saturated heterocycles. The van der Waals surface area contributed by atoms with E-state index in [1.165, 1.54) is 6.08 Å². The largest absolute Gasteiger partial charge is 0.481 e. The molecule has 0 bridgehead atoms. The Balaban J connectivity index is 2.16. The molecule has 2 rings (SSSR count). The molecule has 0 aliphatic carbocycles. The normalized spacial score (nSPS) is 15.6. The topological polar surface area (TPSA) is 84.9 Å². The number of amides is 3. The highest BCUT2D eigenvalue weighted by Crippen LogP contribution is 2.22. The number of benzene rings is 1. The molecule has 1 fully saturated rings. The van der Waals surface area contributed by atoms with Crippen LogP contribution in [0.5, 0.6) is 5.75 Å². The van der Waals surface area contributed by atoms with Crippen molar-refractivity contribution in [1.82, 2.24) is 10.2 Å². The molecule has 3 amide bonds. The molecule has 1 aromatic rings. The Kier molecular flexibility index (Phi) is 5.95. The predicted molar refractivity (Wildman–Crippen MR) is 87.1 cm³/mol. The number of para-hydroxylation sites is 1. The van der Waals surface area contributed by atoms with Crippen LogP contribution in [0, 0.1) is 0 Å². The summed E-state index contributed by atoms with van der Waals surface area (Å²) in [5.74, 6) is -0.421. The van der Waals surface area contributed by atoms with Crippen LogP contribution in [-0.2, 0) is 14.3 Å². The van der Waals surface area contributed by atoms with Gasteiger partial charge in [-0.3, -0.25) is 9.69 Å². The van der Waals surface area contributed by atoms with Crippen molar-refractivity contribution >= 4 is 24.0 Å². The van der Waals surface area contributed by atoms with Crippen LogP contribution in [0.3, 0.4) is 0 Å². The average molecular weight is 332 g/mol. The fourth-order valence-corrected chi connectivity index (χ4v) is 2.22. The lowest BCUT2D eigenvalue weighted by Gasteiger charge is -2.09. The van der Waals surface area contributed by atoms with E-state index in [0.717, 1.165) is 4.90 Å². The van der Waals surface area contributed by atoms with E-state index < -0.39 is 12.0 Å². The molecule has 1 N–H and O–H groups in total. The molecule has 0 spiro atoms. The molecule has 0 radical (unpaired) electrons. The maximum Gasteiger partial charge on any atom is 0.344 e. The minimum absolute atomic E-state index is 0.181. The van der Waals surface area contributed by atoms with Gasteiger partial charge < -0.3 is 14.8 Å². The van der Waals surface area contributed by atoms with Crippen LogP contribution in [0.25, 0.3) is 6.08 Å². The van der Waals surface area contributed by atoms with Crippen molar-refractivity contribution in [3.05, 3.63) is 35.5 Å². The van der Waals surface area contributed by atoms with Gasteiger partial charge in [0.1, 0.15) is 11.4 Å². The van der Waals surface area contributed by atoms with Crippen LogP contribution in [0.4, 0.5) is 4.79 Å². The second-order valence-corrected chi connectivity index (χ2v) is 5.08. The first-order valence-corrected chi connectivity index (χ1v) is 7.78. The number of rotatable bonds is 7. The van der Waals surface area contributed by atoms with Crippen LogP contribution >= 0.6 is 0 Å². The number of urea groups is 1. The van der Waals surface area contributed by atoms with Gasteiger partial charge in [-0.1, -0.05) is 25.1 Å². The lowest BCUT2D eigenvalue weighted by molar-refractivity contribution is -0.145. The second kappa shape index (κ2) is 8.14. The number of nitrogens with zero attached hydrogens (tertiary/aromatic N) is 1. The second-order valence-electron chi connectivity index (χ2n) is 5.08. The zero-order chi connectivity index (χ0) is 17.5. The lowest BCUT2D eigenvalue weighted by Crippen LogP contribution is -2.31. The third-order valence-electron chi connectivity index (χ3n) is 3.28. The van der Waals surface area contributed by atoms with Crippen molar-refractivity contribution in [3.63, 3.8) is 0 Å². The van der Waals surface area contributed by atoms with Gasteiger partial charge in [-0.25, -0.2) is 9.59 Å². The zero-order valence-electron chi connectivity index (χ0n) is 13.7. The van der Waals surface area contributed by atoms with Crippen LogP contribution in [0.2, 0.25) is 0 Å². The summed E-state index contributed by atoms with van der Waals surface area (Å²) >= 11 is 0. The Morgan fingerprint density at radius 1 is 1.25 bits per heavy atom. The van der Waals surface area contributed by atoms with Gasteiger partial charge in [-0.2, -0.15) is 0 Å². The van der Waals surface area contributed by atoms with Crippen LogP contribution in [0.15, 0.2) is 30.0 Å². The molecule has 0 aromatic heterocycles. The van der Waals surface area contributed by atoms with Crippen molar-refractivity contribution in [2.75, 3.05) is 19.8 Å². The quantitative estimate of drug-likeness (QED) is 0.468. The van der Waals surface area contributed by atoms with Crippen LogP contribution in [0.1, 0.15) is 25.8 Å². The fraction of sp³-hybridized carbons (Fsp3) is 0.353. The highest BCUT2D eigenvalue weighted by Gasteiger charge is 2.32. The number of carbonyl (C=O) groups is 3. The molecular weight excluding hydrogens is 312 g/mol. The number of esters is 1. The number of nitrogens with one attached hydrogen (secondary N) is 1. The van der Waals surface area contributed by atoms with E-state index in [1.807, 2.05) is 6.92 Å². The number of carbonyl (C=O) groups excluding carboxylic acids is 3. The molecule has 7 heteroatoms. The summed E-state index contributed by atoms with van der Waals surface area (Å²) in [6.45, 7) is 4.02. The van der Waals surface area contributed by atoms with Gasteiger partial charge in [0.15, 0.2) is 6.61 Å². The first-order valence-electron chi connectivity index (χ1n) is 7.78. The Morgan fingerprint density at radius 3 is 2.71 bits per heavy atom. The summed E-state index contributed by atoms with van der Waals surface area (Å²) in [5.41, 5.74) is 0.768. The Hall–Kier alpha value is -2.83. The van der Waals surface area contributed by atoms with E-state index in [4.69, 9.17) is 9.47 Å². The Morgan fingerprint density at radius 2 is 2.00 bits per heavy atom. The fourth-order valence-electron chi connectivity index (χ4n) is 2.22. The van der Waals surface area contributed by atoms with Crippen molar-refractivity contribution in [1.29, 1.82) is 0 Å². The minimum Gasteiger partial charge on any atom is -0.481 e. The molecule has 0 atom stereocenters. The van der Waals surface area contributed by atoms with Crippen molar-refractivity contribution in [2.45, 2.75) is 20.3 Å². The summed E-state index contributed by atoms with van der Waals surface area (Å²) in [7, 11) is 0. The molecule has 128 valence electrons. The molecule has 0 unspecified atom stereocenters. The highest BCUT2D eigenvalue weighted by atomic mass is 16.6. The average Bonchev–Trinajstić information content (AvgIpc) is 2.82. The van der Waals surface area contributed by atoms with Crippen molar-refractivity contribution in [3.8, 4) is 5.75 Å². The van der Waals surface area contributed by atoms with E-state index in [-0.39, 0.29) is 24.8 Å². The van der Waals surface area contributed by atoms with Crippen LogP contribution in [-0.4, -0.2) is 42.6 Å². The van der Waals surface area contributed by atoms with E-state index in [0.29, 0.717) is 24.3 Å². The van der Waals surface area contributed by atoms with Gasteiger partial charge in [0.2, 0.25) is 0 Å². The van der Waals surface area contributed by atoms with Gasteiger partial charge in [-0.15, -0.1) is 0 Å². The monoisotopic (exact) mass is 332 g/mol. The van der Waals surface area contributed by atoms with E-state index in [9.17, 15) is 14.4 Å². The highest BCUT2D eigenvalue weighted by molar-refractivity contribution is 6.14. The summed E-state index contributed by atoms with van der Waals surface area (Å²) in [5, 5.41) is 2.55. The number of ether oxygens (including phenoxy) is 2. The molecule has 1 aliphatic rings. The van der Waals surface area contributed by atoms with Crippen molar-refractivity contribution < 1.29 is 23.9 Å². The predicted octanol–water partition coefficient (Wildman–Crippen LogP) is 1.93. The summed E-state index contributed by atoms with van der Waals surface area (Å²) in [4.78, 5) is 36.6. The first-order chi connectivity index (χ1) is 11.6. The number of imide groups is 1. The SMILES string of the molecule is CCCN1C(=O)N/C(=C/c2ccccc2OCC(=O)OCC)C1=O. The first kappa shape index (κ1) is 17.5. The molecule has 1 heterocycles. The van der Waals surface area contributed by atoms with E-state index >= 15 is 0 Å². The van der Waals surface area contributed by atoms with Crippen LogP contribution < -0.4 is 10.1 Å². The molecule has 7 nitrogen and oxygen atoms in total. The van der Waals surface area contributed by atoms with Gasteiger partial charge in [0.25, 0.3) is 5.91 Å². The molecule has 1 aromatic carbocycles. The maximum atomic E-state index is 12.2. The molecule has 24 heavy (non-hydrogen) atoms. The molecule has 0 saturated carbocycles. The van der Waals surface area contributed by atoms with E-state index in [1.54, 1.807) is 31.2 Å². The summed E-state index contributed by atoms with van der Waals surface area (Å²) in [6, 6.07) is 6.50. The summed E-state index contributed by atoms with van der Waals surface area (Å²) < 4.78 is 10.3. The van der Waals surface area contributed by atoms with Gasteiger partial charge in [-0.05, 0) is 25.5 Å². The van der Waals surface area contributed by atoms with E-state index in [2.05, 4.69) is 5.32 Å². The van der Waals surface area contributed by atoms with Gasteiger partial charge >= 0.3 is 12.0 Å².